The van der Waals surface area contributed by atoms with Crippen molar-refractivity contribution in [1.82, 2.24) is 23.7 Å². The zero-order chi connectivity index (χ0) is 25.6. The van der Waals surface area contributed by atoms with Gasteiger partial charge in [0.2, 0.25) is 5.95 Å². The van der Waals surface area contributed by atoms with E-state index < -0.39 is 11.2 Å². The number of nitrogens with zero attached hydrogens (tertiary/aromatic N) is 7. The highest BCUT2D eigenvalue weighted by Gasteiger charge is 2.27. The minimum absolute atomic E-state index is 0.000494. The highest BCUT2D eigenvalue weighted by molar-refractivity contribution is 5.79. The van der Waals surface area contributed by atoms with Crippen LogP contribution >= 0.6 is 0 Å². The van der Waals surface area contributed by atoms with Crippen LogP contribution in [0.1, 0.15) is 31.3 Å². The van der Waals surface area contributed by atoms with Gasteiger partial charge in [0.05, 0.1) is 11.9 Å². The SMILES string of the molecule is CC#CCn1c(N2CCC[C@@H](N)C2)nc2c1c(=O)n(Cc1nc3ccccc3c(C)[n+]1[O-])c(=O)n2C. The van der Waals surface area contributed by atoms with Gasteiger partial charge in [0.25, 0.3) is 5.56 Å². The highest BCUT2D eigenvalue weighted by Crippen LogP contribution is 2.23. The topological polar surface area (TPSA) is 131 Å². The largest absolute Gasteiger partial charge is 0.710 e. The molecule has 11 nitrogen and oxygen atoms in total. The van der Waals surface area contributed by atoms with Gasteiger partial charge in [-0.3, -0.25) is 13.9 Å². The second-order valence-corrected chi connectivity index (χ2v) is 9.10. The van der Waals surface area contributed by atoms with Crippen molar-refractivity contribution in [3.05, 3.63) is 61.8 Å². The van der Waals surface area contributed by atoms with Crippen LogP contribution in [0.15, 0.2) is 33.9 Å². The predicted octanol–water partition coefficient (Wildman–Crippen LogP) is 0.386. The van der Waals surface area contributed by atoms with Crippen LogP contribution < -0.4 is 26.6 Å². The standard InChI is InChI=1S/C25H28N8O3/c1-4-5-13-31-21-22(28-24(31)30-12-8-9-17(26)14-30)29(3)25(35)32(23(21)34)15-20-27-19-11-7-6-10-18(19)16(2)33(20)36/h6-7,10-11,17H,8-9,12-15,26H2,1-3H3/t17-/m1/s1. The summed E-state index contributed by atoms with van der Waals surface area (Å²) >= 11 is 0. The molecule has 186 valence electrons. The maximum atomic E-state index is 13.8. The quantitative estimate of drug-likeness (QED) is 0.250. The third-order valence-electron chi connectivity index (χ3n) is 6.75. The van der Waals surface area contributed by atoms with E-state index in [1.165, 1.54) is 4.57 Å². The first-order chi connectivity index (χ1) is 17.3. The maximum absolute atomic E-state index is 13.8. The summed E-state index contributed by atoms with van der Waals surface area (Å²) < 4.78 is 4.80. The minimum Gasteiger partial charge on any atom is -0.710 e. The number of nitrogens with two attached hydrogens (primary N) is 1. The Morgan fingerprint density at radius 1 is 1.22 bits per heavy atom. The number of hydrogen-bond donors (Lipinski definition) is 1. The molecule has 0 bridgehead atoms. The molecule has 1 aliphatic rings. The second kappa shape index (κ2) is 9.13. The normalized spacial score (nSPS) is 15.9. The molecule has 36 heavy (non-hydrogen) atoms. The molecule has 1 saturated heterocycles. The van der Waals surface area contributed by atoms with Crippen molar-refractivity contribution in [3.63, 3.8) is 0 Å². The third kappa shape index (κ3) is 3.79. The van der Waals surface area contributed by atoms with Crippen LogP contribution in [0, 0.1) is 24.0 Å². The predicted molar refractivity (Wildman–Crippen MR) is 137 cm³/mol. The molecule has 4 heterocycles. The summed E-state index contributed by atoms with van der Waals surface area (Å²) in [6.45, 7) is 4.72. The number of benzene rings is 1. The van der Waals surface area contributed by atoms with E-state index >= 15 is 0 Å². The number of imidazole rings is 1. The second-order valence-electron chi connectivity index (χ2n) is 9.10. The number of para-hydroxylation sites is 1. The maximum Gasteiger partial charge on any atom is 0.333 e. The molecule has 0 radical (unpaired) electrons. The smallest absolute Gasteiger partial charge is 0.333 e. The van der Waals surface area contributed by atoms with Crippen LogP contribution in [-0.4, -0.2) is 42.8 Å². The molecule has 1 aliphatic heterocycles. The van der Waals surface area contributed by atoms with Crippen molar-refractivity contribution in [1.29, 1.82) is 0 Å². The van der Waals surface area contributed by atoms with Crippen LogP contribution in [0.4, 0.5) is 5.95 Å². The number of aryl methyl sites for hydroxylation is 2. The Hall–Kier alpha value is -4.17. The average Bonchev–Trinajstić information content (AvgIpc) is 3.26. The minimum atomic E-state index is -0.576. The van der Waals surface area contributed by atoms with E-state index in [9.17, 15) is 14.8 Å². The highest BCUT2D eigenvalue weighted by atomic mass is 16.5. The Morgan fingerprint density at radius 2 is 2.00 bits per heavy atom. The lowest BCUT2D eigenvalue weighted by atomic mass is 10.1. The Bertz CT molecular complexity index is 1670. The monoisotopic (exact) mass is 488 g/mol. The van der Waals surface area contributed by atoms with Gasteiger partial charge < -0.3 is 15.8 Å². The summed E-state index contributed by atoms with van der Waals surface area (Å²) in [6, 6.07) is 7.27. The first-order valence-corrected chi connectivity index (χ1v) is 11.9. The molecule has 0 unspecified atom stereocenters. The van der Waals surface area contributed by atoms with Gasteiger partial charge in [-0.25, -0.2) is 14.1 Å². The van der Waals surface area contributed by atoms with Gasteiger partial charge in [-0.2, -0.15) is 4.98 Å². The van der Waals surface area contributed by atoms with Crippen LogP contribution in [0.5, 0.6) is 0 Å². The van der Waals surface area contributed by atoms with Crippen LogP contribution in [0.3, 0.4) is 0 Å². The van der Waals surface area contributed by atoms with Crippen LogP contribution in [0.25, 0.3) is 22.1 Å². The summed E-state index contributed by atoms with van der Waals surface area (Å²) in [7, 11) is 1.57. The lowest BCUT2D eigenvalue weighted by Crippen LogP contribution is -2.45. The summed E-state index contributed by atoms with van der Waals surface area (Å²) in [5, 5.41) is 13.7. The summed E-state index contributed by atoms with van der Waals surface area (Å²) in [5.41, 5.74) is 6.68. The van der Waals surface area contributed by atoms with Crippen molar-refractivity contribution in [3.8, 4) is 11.8 Å². The van der Waals surface area contributed by atoms with E-state index in [-0.39, 0.29) is 36.1 Å². The molecule has 11 heteroatoms. The van der Waals surface area contributed by atoms with Crippen molar-refractivity contribution >= 4 is 28.0 Å². The zero-order valence-electron chi connectivity index (χ0n) is 20.6. The molecule has 2 N–H and O–H groups in total. The number of aromatic nitrogens is 6. The molecule has 0 aliphatic carbocycles. The molecule has 1 atom stereocenters. The number of rotatable bonds is 4. The van der Waals surface area contributed by atoms with Crippen molar-refractivity contribution in [2.45, 2.75) is 45.8 Å². The van der Waals surface area contributed by atoms with Crippen molar-refractivity contribution < 1.29 is 4.73 Å². The zero-order valence-corrected chi connectivity index (χ0v) is 20.6. The van der Waals surface area contributed by atoms with Crippen molar-refractivity contribution in [2.24, 2.45) is 12.8 Å². The molecule has 0 spiro atoms. The Labute approximate surface area is 207 Å². The lowest BCUT2D eigenvalue weighted by molar-refractivity contribution is -0.623. The molecular formula is C25H28N8O3. The number of hydrogen-bond acceptors (Lipinski definition) is 7. The van der Waals surface area contributed by atoms with Gasteiger partial charge in [0, 0.05) is 26.2 Å². The first-order valence-electron chi connectivity index (χ1n) is 11.9. The van der Waals surface area contributed by atoms with Gasteiger partial charge in [-0.1, -0.05) is 18.1 Å². The molecular weight excluding hydrogens is 460 g/mol. The van der Waals surface area contributed by atoms with E-state index in [4.69, 9.17) is 10.7 Å². The van der Waals surface area contributed by atoms with E-state index in [1.807, 2.05) is 23.1 Å². The van der Waals surface area contributed by atoms with E-state index in [2.05, 4.69) is 16.8 Å². The van der Waals surface area contributed by atoms with Gasteiger partial charge in [-0.15, -0.1) is 5.92 Å². The summed E-state index contributed by atoms with van der Waals surface area (Å²) in [6.07, 6.45) is 1.83. The lowest BCUT2D eigenvalue weighted by Gasteiger charge is -2.31. The van der Waals surface area contributed by atoms with Gasteiger partial charge in [0.1, 0.15) is 12.2 Å². The molecule has 0 saturated carbocycles. The summed E-state index contributed by atoms with van der Waals surface area (Å²) in [4.78, 5) is 38.3. The van der Waals surface area contributed by atoms with Crippen LogP contribution in [-0.2, 0) is 20.1 Å². The molecule has 1 fully saturated rings. The fraction of sp³-hybridized carbons (Fsp3) is 0.400. The number of fused-ring (bicyclic) bond motifs is 2. The fourth-order valence-corrected chi connectivity index (χ4v) is 4.85. The molecule has 3 aromatic heterocycles. The number of anilines is 1. The summed E-state index contributed by atoms with van der Waals surface area (Å²) in [5.74, 6) is 6.50. The Kier molecular flexibility index (Phi) is 5.97. The molecule has 4 aromatic rings. The van der Waals surface area contributed by atoms with E-state index in [0.29, 0.717) is 33.8 Å². The van der Waals surface area contributed by atoms with Gasteiger partial charge in [0.15, 0.2) is 16.7 Å². The van der Waals surface area contributed by atoms with Crippen LogP contribution in [0.2, 0.25) is 0 Å². The Morgan fingerprint density at radius 3 is 2.75 bits per heavy atom. The fourth-order valence-electron chi connectivity index (χ4n) is 4.85. The molecule has 0 amide bonds. The van der Waals surface area contributed by atoms with Gasteiger partial charge in [-0.05, 0) is 43.8 Å². The van der Waals surface area contributed by atoms with E-state index in [1.54, 1.807) is 31.5 Å². The van der Waals surface area contributed by atoms with Gasteiger partial charge >= 0.3 is 11.5 Å². The average molecular weight is 489 g/mol. The Balaban J connectivity index is 1.71. The van der Waals surface area contributed by atoms with E-state index in [0.717, 1.165) is 24.0 Å². The van der Waals surface area contributed by atoms with Crippen molar-refractivity contribution in [2.75, 3.05) is 18.0 Å². The first kappa shape index (κ1) is 23.6. The molecule has 5 rings (SSSR count). The molecule has 1 aromatic carbocycles. The number of piperidine rings is 1. The third-order valence-corrected chi connectivity index (χ3v) is 6.75.